The van der Waals surface area contributed by atoms with Crippen LogP contribution in [-0.4, -0.2) is 82.5 Å². The summed E-state index contributed by atoms with van der Waals surface area (Å²) in [5.41, 5.74) is 4.33. The number of rotatable bonds is 4. The van der Waals surface area contributed by atoms with Crippen LogP contribution in [0.2, 0.25) is 0 Å². The van der Waals surface area contributed by atoms with Crippen molar-refractivity contribution < 1.29 is 14.7 Å². The molecule has 0 bridgehead atoms. The molecule has 2 saturated heterocycles. The maximum Gasteiger partial charge on any atom is 0.254 e. The Balaban J connectivity index is 1.17. The number of aliphatic hydroxyl groups is 1. The fourth-order valence-electron chi connectivity index (χ4n) is 5.83. The van der Waals surface area contributed by atoms with Crippen molar-refractivity contribution in [1.29, 1.82) is 0 Å². The van der Waals surface area contributed by atoms with E-state index in [2.05, 4.69) is 34.5 Å². The molecule has 3 heterocycles. The van der Waals surface area contributed by atoms with Crippen molar-refractivity contribution in [2.45, 2.75) is 57.3 Å². The summed E-state index contributed by atoms with van der Waals surface area (Å²) in [5.74, 6) is 0.105. The van der Waals surface area contributed by atoms with Gasteiger partial charge in [-0.3, -0.25) is 14.5 Å². The van der Waals surface area contributed by atoms with E-state index in [1.165, 1.54) is 11.1 Å². The van der Waals surface area contributed by atoms with Crippen molar-refractivity contribution in [3.05, 3.63) is 65.2 Å². The number of β-amino-alcohol motifs (C(OH)–C–C–N with tert-alkyl or cyclic N) is 1. The molecule has 0 aliphatic carbocycles. The molecule has 0 saturated carbocycles. The van der Waals surface area contributed by atoms with Crippen LogP contribution in [0, 0.1) is 0 Å². The number of aliphatic hydroxyl groups excluding tert-OH is 1. The van der Waals surface area contributed by atoms with Gasteiger partial charge in [-0.2, -0.15) is 0 Å². The normalized spacial score (nSPS) is 23.6. The van der Waals surface area contributed by atoms with Gasteiger partial charge in [-0.15, -0.1) is 0 Å². The van der Waals surface area contributed by atoms with Crippen molar-refractivity contribution in [2.75, 3.05) is 38.0 Å². The molecule has 5 rings (SSSR count). The minimum absolute atomic E-state index is 0.0264. The van der Waals surface area contributed by atoms with E-state index in [-0.39, 0.29) is 17.9 Å². The van der Waals surface area contributed by atoms with Crippen molar-refractivity contribution >= 4 is 17.5 Å². The van der Waals surface area contributed by atoms with Gasteiger partial charge in [0.25, 0.3) is 5.91 Å². The standard InChI is InChI=1S/C28H36N4O3/c1-20(33)30-14-10-24(11-15-30)29-25-8-4-7-22(17-25)28(35)32-16-12-26(27(34)19-32)31-13-9-21-5-2-3-6-23(21)18-31/h2-8,17,24,26-27,29,34H,9-16,18-19H2,1H3/t26-,27-/m1/s1. The van der Waals surface area contributed by atoms with E-state index >= 15 is 0 Å². The van der Waals surface area contributed by atoms with Gasteiger partial charge in [0.2, 0.25) is 5.91 Å². The van der Waals surface area contributed by atoms with Crippen LogP contribution in [0.1, 0.15) is 47.7 Å². The van der Waals surface area contributed by atoms with Crippen LogP contribution in [0.3, 0.4) is 0 Å². The van der Waals surface area contributed by atoms with Crippen LogP contribution in [0.4, 0.5) is 5.69 Å². The first kappa shape index (κ1) is 23.8. The highest BCUT2D eigenvalue weighted by Gasteiger charge is 2.35. The minimum Gasteiger partial charge on any atom is -0.390 e. The van der Waals surface area contributed by atoms with Gasteiger partial charge < -0.3 is 20.2 Å². The van der Waals surface area contributed by atoms with E-state index in [1.807, 2.05) is 29.2 Å². The summed E-state index contributed by atoms with van der Waals surface area (Å²) in [6.45, 7) is 5.98. The number of amides is 2. The number of piperidine rings is 2. The van der Waals surface area contributed by atoms with Gasteiger partial charge >= 0.3 is 0 Å². The fraction of sp³-hybridized carbons (Fsp3) is 0.500. The quantitative estimate of drug-likeness (QED) is 0.710. The molecule has 0 spiro atoms. The number of fused-ring (bicyclic) bond motifs is 1. The lowest BCUT2D eigenvalue weighted by Gasteiger charge is -2.43. The van der Waals surface area contributed by atoms with Gasteiger partial charge in [0.15, 0.2) is 0 Å². The van der Waals surface area contributed by atoms with Crippen molar-refractivity contribution in [3.63, 3.8) is 0 Å². The van der Waals surface area contributed by atoms with E-state index in [1.54, 1.807) is 11.8 Å². The topological polar surface area (TPSA) is 76.1 Å². The molecule has 7 nitrogen and oxygen atoms in total. The van der Waals surface area contributed by atoms with E-state index in [9.17, 15) is 14.7 Å². The van der Waals surface area contributed by atoms with Crippen molar-refractivity contribution in [2.24, 2.45) is 0 Å². The largest absolute Gasteiger partial charge is 0.390 e. The Labute approximate surface area is 207 Å². The highest BCUT2D eigenvalue weighted by Crippen LogP contribution is 2.26. The van der Waals surface area contributed by atoms with Gasteiger partial charge in [0, 0.05) is 69.5 Å². The lowest BCUT2D eigenvalue weighted by atomic mass is 9.94. The molecule has 3 aliphatic rings. The number of carbonyl (C=O) groups excluding carboxylic acids is 2. The van der Waals surface area contributed by atoms with Crippen LogP contribution >= 0.6 is 0 Å². The van der Waals surface area contributed by atoms with Crippen molar-refractivity contribution in [3.8, 4) is 0 Å². The van der Waals surface area contributed by atoms with Gasteiger partial charge in [-0.25, -0.2) is 0 Å². The second-order valence-electron chi connectivity index (χ2n) is 10.2. The number of likely N-dealkylation sites (tertiary alicyclic amines) is 2. The average molecular weight is 477 g/mol. The summed E-state index contributed by atoms with van der Waals surface area (Å²) < 4.78 is 0. The van der Waals surface area contributed by atoms with E-state index in [4.69, 9.17) is 0 Å². The first-order chi connectivity index (χ1) is 17.0. The summed E-state index contributed by atoms with van der Waals surface area (Å²) in [6, 6.07) is 16.6. The van der Waals surface area contributed by atoms with Crippen molar-refractivity contribution in [1.82, 2.24) is 14.7 Å². The smallest absolute Gasteiger partial charge is 0.254 e. The Hall–Kier alpha value is -2.90. The number of nitrogens with one attached hydrogen (secondary N) is 1. The molecule has 0 unspecified atom stereocenters. The Morgan fingerprint density at radius 1 is 0.914 bits per heavy atom. The molecule has 7 heteroatoms. The zero-order chi connectivity index (χ0) is 24.4. The highest BCUT2D eigenvalue weighted by atomic mass is 16.3. The summed E-state index contributed by atoms with van der Waals surface area (Å²) in [5, 5.41) is 14.5. The number of hydrogen-bond donors (Lipinski definition) is 2. The van der Waals surface area contributed by atoms with Crippen LogP contribution in [0.15, 0.2) is 48.5 Å². The molecule has 2 aromatic rings. The second kappa shape index (κ2) is 10.4. The lowest BCUT2D eigenvalue weighted by Crippen LogP contribution is -2.56. The molecule has 2 amide bonds. The second-order valence-corrected chi connectivity index (χ2v) is 10.2. The number of nitrogens with zero attached hydrogens (tertiary/aromatic N) is 3. The molecule has 35 heavy (non-hydrogen) atoms. The number of benzene rings is 2. The molecule has 0 aromatic heterocycles. The maximum atomic E-state index is 13.3. The molecular weight excluding hydrogens is 440 g/mol. The Morgan fingerprint density at radius 2 is 1.66 bits per heavy atom. The number of anilines is 1. The van der Waals surface area contributed by atoms with Gasteiger partial charge in [0.1, 0.15) is 0 Å². The first-order valence-electron chi connectivity index (χ1n) is 12.9. The third-order valence-electron chi connectivity index (χ3n) is 7.88. The monoisotopic (exact) mass is 476 g/mol. The first-order valence-corrected chi connectivity index (χ1v) is 12.9. The van der Waals surface area contributed by atoms with Gasteiger partial charge in [-0.1, -0.05) is 30.3 Å². The number of hydrogen-bond acceptors (Lipinski definition) is 5. The van der Waals surface area contributed by atoms with Gasteiger partial charge in [-0.05, 0) is 55.0 Å². The summed E-state index contributed by atoms with van der Waals surface area (Å²) >= 11 is 0. The van der Waals surface area contributed by atoms with E-state index < -0.39 is 6.10 Å². The van der Waals surface area contributed by atoms with E-state index in [0.717, 1.165) is 57.5 Å². The molecule has 0 radical (unpaired) electrons. The minimum atomic E-state index is -0.550. The van der Waals surface area contributed by atoms with Crippen LogP contribution in [0.5, 0.6) is 0 Å². The van der Waals surface area contributed by atoms with Gasteiger partial charge in [0.05, 0.1) is 6.10 Å². The lowest BCUT2D eigenvalue weighted by molar-refractivity contribution is -0.129. The molecule has 2 N–H and O–H groups in total. The molecule has 186 valence electrons. The third-order valence-corrected chi connectivity index (χ3v) is 7.88. The fourth-order valence-corrected chi connectivity index (χ4v) is 5.83. The zero-order valence-corrected chi connectivity index (χ0v) is 20.5. The SMILES string of the molecule is CC(=O)N1CCC(Nc2cccc(C(=O)N3CC[C@@H](N4CCc5ccccc5C4)[C@H](O)C3)c2)CC1. The average Bonchev–Trinajstić information content (AvgIpc) is 2.88. The van der Waals surface area contributed by atoms with Crippen LogP contribution in [0.25, 0.3) is 0 Å². The molecule has 2 aromatic carbocycles. The third kappa shape index (κ3) is 5.36. The summed E-state index contributed by atoms with van der Waals surface area (Å²) in [6.07, 6.45) is 3.04. The Bertz CT molecular complexity index is 1070. The molecule has 2 atom stereocenters. The van der Waals surface area contributed by atoms with E-state index in [0.29, 0.717) is 24.7 Å². The molecule has 2 fully saturated rings. The summed E-state index contributed by atoms with van der Waals surface area (Å²) in [4.78, 5) is 30.9. The Kier molecular flexibility index (Phi) is 7.07. The summed E-state index contributed by atoms with van der Waals surface area (Å²) in [7, 11) is 0. The molecular formula is C28H36N4O3. The predicted molar refractivity (Wildman–Crippen MR) is 136 cm³/mol. The van der Waals surface area contributed by atoms with Crippen LogP contribution in [-0.2, 0) is 17.8 Å². The molecule has 3 aliphatic heterocycles. The predicted octanol–water partition coefficient (Wildman–Crippen LogP) is 2.74. The zero-order valence-electron chi connectivity index (χ0n) is 20.5. The Morgan fingerprint density at radius 3 is 2.40 bits per heavy atom. The van der Waals surface area contributed by atoms with Crippen LogP contribution < -0.4 is 5.32 Å². The maximum absolute atomic E-state index is 13.3. The highest BCUT2D eigenvalue weighted by molar-refractivity contribution is 5.95. The number of carbonyl (C=O) groups is 2.